The maximum Gasteiger partial charge on any atom is 0.291 e. The Morgan fingerprint density at radius 3 is 2.53 bits per heavy atom. The summed E-state index contributed by atoms with van der Waals surface area (Å²) >= 11 is 0. The second kappa shape index (κ2) is 8.80. The van der Waals surface area contributed by atoms with Crippen molar-refractivity contribution in [2.24, 2.45) is 0 Å². The molecule has 30 heavy (non-hydrogen) atoms. The first-order valence-electron chi connectivity index (χ1n) is 9.83. The van der Waals surface area contributed by atoms with Gasteiger partial charge in [0, 0.05) is 24.9 Å². The molecule has 7 heteroatoms. The number of nitriles is 1. The number of fused-ring (bicyclic) bond motifs is 1. The van der Waals surface area contributed by atoms with Crippen LogP contribution in [0.4, 0.5) is 5.69 Å². The first-order valence-corrected chi connectivity index (χ1v) is 9.83. The molecule has 0 bridgehead atoms. The number of furan rings is 1. The largest absolute Gasteiger partial charge is 0.449 e. The molecule has 1 fully saturated rings. The molecule has 1 aliphatic rings. The van der Waals surface area contributed by atoms with Crippen molar-refractivity contribution in [3.8, 4) is 6.07 Å². The molecule has 0 radical (unpaired) electrons. The van der Waals surface area contributed by atoms with Crippen molar-refractivity contribution in [3.63, 3.8) is 0 Å². The molecule has 2 amide bonds. The highest BCUT2D eigenvalue weighted by atomic mass is 16.5. The van der Waals surface area contributed by atoms with Gasteiger partial charge in [-0.2, -0.15) is 5.26 Å². The summed E-state index contributed by atoms with van der Waals surface area (Å²) in [6.45, 7) is 1.94. The smallest absolute Gasteiger partial charge is 0.291 e. The maximum absolute atomic E-state index is 13.0. The first kappa shape index (κ1) is 19.7. The standard InChI is InChI=1S/C23H21N3O4/c24-15-17-7-5-16(6-8-17)9-10-20(27)25-21-18-3-1-2-4-19(18)30-22(21)23(28)26-11-13-29-14-12-26/h1-8H,9-14H2,(H,25,27). The van der Waals surface area contributed by atoms with Gasteiger partial charge in [0.1, 0.15) is 11.3 Å². The third-order valence-electron chi connectivity index (χ3n) is 5.08. The molecule has 152 valence electrons. The van der Waals surface area contributed by atoms with E-state index in [0.717, 1.165) is 5.56 Å². The molecule has 4 rings (SSSR count). The van der Waals surface area contributed by atoms with Crippen LogP contribution in [0.3, 0.4) is 0 Å². The van der Waals surface area contributed by atoms with Crippen molar-refractivity contribution in [2.75, 3.05) is 31.6 Å². The minimum atomic E-state index is -0.253. The predicted octanol–water partition coefficient (Wildman–Crippen LogP) is 3.35. The third-order valence-corrected chi connectivity index (χ3v) is 5.08. The highest BCUT2D eigenvalue weighted by Crippen LogP contribution is 2.32. The van der Waals surface area contributed by atoms with Crippen LogP contribution < -0.4 is 5.32 Å². The molecule has 1 aliphatic heterocycles. The molecule has 1 saturated heterocycles. The number of carbonyl (C=O) groups excluding carboxylic acids is 2. The van der Waals surface area contributed by atoms with Gasteiger partial charge in [0.15, 0.2) is 0 Å². The van der Waals surface area contributed by atoms with E-state index in [1.165, 1.54) is 0 Å². The van der Waals surface area contributed by atoms with Gasteiger partial charge in [-0.05, 0) is 36.2 Å². The van der Waals surface area contributed by atoms with E-state index in [4.69, 9.17) is 14.4 Å². The third kappa shape index (κ3) is 4.19. The lowest BCUT2D eigenvalue weighted by Crippen LogP contribution is -2.40. The SMILES string of the molecule is N#Cc1ccc(CCC(=O)Nc2c(C(=O)N3CCOCC3)oc3ccccc23)cc1. The van der Waals surface area contributed by atoms with Gasteiger partial charge in [-0.3, -0.25) is 9.59 Å². The van der Waals surface area contributed by atoms with Gasteiger partial charge < -0.3 is 19.4 Å². The number of morpholine rings is 1. The topological polar surface area (TPSA) is 95.6 Å². The Kier molecular flexibility index (Phi) is 5.77. The van der Waals surface area contributed by atoms with Crippen LogP contribution in [0.1, 0.15) is 28.1 Å². The Morgan fingerprint density at radius 2 is 1.80 bits per heavy atom. The molecule has 0 saturated carbocycles. The molecule has 3 aromatic rings. The number of carbonyl (C=O) groups is 2. The van der Waals surface area contributed by atoms with Crippen LogP contribution in [-0.2, 0) is 16.0 Å². The van der Waals surface area contributed by atoms with E-state index < -0.39 is 0 Å². The van der Waals surface area contributed by atoms with Gasteiger partial charge in [-0.25, -0.2) is 0 Å². The van der Waals surface area contributed by atoms with Gasteiger partial charge >= 0.3 is 0 Å². The minimum absolute atomic E-state index is 0.143. The Bertz CT molecular complexity index is 1110. The van der Waals surface area contributed by atoms with Crippen LogP contribution in [0.15, 0.2) is 52.9 Å². The van der Waals surface area contributed by atoms with Crippen LogP contribution in [0.2, 0.25) is 0 Å². The van der Waals surface area contributed by atoms with Crippen molar-refractivity contribution in [1.29, 1.82) is 5.26 Å². The normalized spacial score (nSPS) is 13.8. The second-order valence-corrected chi connectivity index (χ2v) is 7.06. The summed E-state index contributed by atoms with van der Waals surface area (Å²) in [7, 11) is 0. The number of para-hydroxylation sites is 1. The first-order chi connectivity index (χ1) is 14.7. The van der Waals surface area contributed by atoms with Gasteiger partial charge in [0.05, 0.1) is 24.8 Å². The molecule has 0 atom stereocenters. The molecule has 7 nitrogen and oxygen atoms in total. The van der Waals surface area contributed by atoms with Gasteiger partial charge in [-0.1, -0.05) is 24.3 Å². The van der Waals surface area contributed by atoms with E-state index in [1.54, 1.807) is 23.1 Å². The van der Waals surface area contributed by atoms with E-state index >= 15 is 0 Å². The van der Waals surface area contributed by atoms with Crippen LogP contribution in [0, 0.1) is 11.3 Å². The van der Waals surface area contributed by atoms with E-state index in [1.807, 2.05) is 30.3 Å². The number of amides is 2. The zero-order valence-electron chi connectivity index (χ0n) is 16.4. The highest BCUT2D eigenvalue weighted by molar-refractivity contribution is 6.10. The molecule has 0 unspecified atom stereocenters. The fourth-order valence-electron chi connectivity index (χ4n) is 3.44. The van der Waals surface area contributed by atoms with Crippen molar-refractivity contribution >= 4 is 28.5 Å². The quantitative estimate of drug-likeness (QED) is 0.705. The summed E-state index contributed by atoms with van der Waals surface area (Å²) in [5.41, 5.74) is 2.51. The number of hydrogen-bond acceptors (Lipinski definition) is 5. The number of benzene rings is 2. The summed E-state index contributed by atoms with van der Waals surface area (Å²) in [6.07, 6.45) is 0.774. The van der Waals surface area contributed by atoms with Crippen molar-refractivity contribution in [2.45, 2.75) is 12.8 Å². The van der Waals surface area contributed by atoms with Crippen LogP contribution >= 0.6 is 0 Å². The second-order valence-electron chi connectivity index (χ2n) is 7.06. The summed E-state index contributed by atoms with van der Waals surface area (Å²) < 4.78 is 11.1. The Hall–Kier alpha value is -3.63. The van der Waals surface area contributed by atoms with Crippen LogP contribution in [0.25, 0.3) is 11.0 Å². The summed E-state index contributed by atoms with van der Waals surface area (Å²) in [6, 6.07) is 16.5. The molecule has 1 aromatic heterocycles. The Labute approximate surface area is 173 Å². The predicted molar refractivity (Wildman–Crippen MR) is 111 cm³/mol. The average Bonchev–Trinajstić information content (AvgIpc) is 3.16. The minimum Gasteiger partial charge on any atom is -0.449 e. The van der Waals surface area contributed by atoms with E-state index in [-0.39, 0.29) is 24.0 Å². The average molecular weight is 403 g/mol. The number of nitrogens with one attached hydrogen (secondary N) is 1. The zero-order chi connectivity index (χ0) is 20.9. The number of anilines is 1. The summed E-state index contributed by atoms with van der Waals surface area (Å²) in [5, 5.41) is 12.5. The van der Waals surface area contributed by atoms with Crippen molar-refractivity contribution in [3.05, 3.63) is 65.4 Å². The van der Waals surface area contributed by atoms with E-state index in [0.29, 0.717) is 54.9 Å². The van der Waals surface area contributed by atoms with Crippen molar-refractivity contribution in [1.82, 2.24) is 4.90 Å². The number of nitrogens with zero attached hydrogens (tertiary/aromatic N) is 2. The lowest BCUT2D eigenvalue weighted by molar-refractivity contribution is -0.116. The number of aryl methyl sites for hydroxylation is 1. The fourth-order valence-corrected chi connectivity index (χ4v) is 3.44. The van der Waals surface area contributed by atoms with Gasteiger partial charge in [0.25, 0.3) is 5.91 Å². The van der Waals surface area contributed by atoms with Crippen LogP contribution in [-0.4, -0.2) is 43.0 Å². The molecule has 0 aliphatic carbocycles. The maximum atomic E-state index is 13.0. The lowest BCUT2D eigenvalue weighted by Gasteiger charge is -2.26. The number of ether oxygens (including phenoxy) is 1. The highest BCUT2D eigenvalue weighted by Gasteiger charge is 2.27. The van der Waals surface area contributed by atoms with E-state index in [9.17, 15) is 9.59 Å². The Morgan fingerprint density at radius 1 is 1.07 bits per heavy atom. The summed E-state index contributed by atoms with van der Waals surface area (Å²) in [4.78, 5) is 27.3. The van der Waals surface area contributed by atoms with Gasteiger partial charge in [0.2, 0.25) is 11.7 Å². The fraction of sp³-hybridized carbons (Fsp3) is 0.261. The Balaban J connectivity index is 1.52. The molecule has 2 heterocycles. The van der Waals surface area contributed by atoms with E-state index in [2.05, 4.69) is 11.4 Å². The van der Waals surface area contributed by atoms with Gasteiger partial charge in [-0.15, -0.1) is 0 Å². The summed E-state index contributed by atoms with van der Waals surface area (Å²) in [5.74, 6) is -0.316. The number of hydrogen-bond donors (Lipinski definition) is 1. The molecule has 1 N–H and O–H groups in total. The molecule has 2 aromatic carbocycles. The molecular formula is C23H21N3O4. The number of rotatable bonds is 5. The molecule has 0 spiro atoms. The monoisotopic (exact) mass is 403 g/mol. The van der Waals surface area contributed by atoms with Crippen molar-refractivity contribution < 1.29 is 18.7 Å². The van der Waals surface area contributed by atoms with Crippen LogP contribution in [0.5, 0.6) is 0 Å². The molecular weight excluding hydrogens is 382 g/mol. The lowest BCUT2D eigenvalue weighted by atomic mass is 10.1. The zero-order valence-corrected chi connectivity index (χ0v) is 16.4.